The molecular weight excluding hydrogens is 248 g/mol. The molecule has 2 rings (SSSR count). The van der Waals surface area contributed by atoms with Crippen LogP contribution >= 0.6 is 11.6 Å². The predicted molar refractivity (Wildman–Crippen MR) is 74.2 cm³/mol. The van der Waals surface area contributed by atoms with Crippen LogP contribution in [0.1, 0.15) is 28.8 Å². The number of halogens is 1. The lowest BCUT2D eigenvalue weighted by atomic mass is 10.1. The molecule has 1 unspecified atom stereocenters. The van der Waals surface area contributed by atoms with E-state index in [1.807, 2.05) is 37.1 Å². The van der Waals surface area contributed by atoms with Crippen molar-refractivity contribution in [3.05, 3.63) is 34.3 Å². The number of hydrogen-bond donors (Lipinski definition) is 1. The number of aryl methyl sites for hydroxylation is 1. The summed E-state index contributed by atoms with van der Waals surface area (Å²) in [6.07, 6.45) is 2.14. The molecule has 1 aliphatic heterocycles. The van der Waals surface area contributed by atoms with E-state index >= 15 is 0 Å². The second kappa shape index (κ2) is 5.72. The van der Waals surface area contributed by atoms with Crippen LogP contribution in [0.15, 0.2) is 18.2 Å². The minimum Gasteiger partial charge on any atom is -0.334 e. The highest BCUT2D eigenvalue weighted by molar-refractivity contribution is 6.34. The normalized spacial score (nSPS) is 19.3. The predicted octanol–water partition coefficient (Wildman–Crippen LogP) is 2.47. The third-order valence-electron chi connectivity index (χ3n) is 3.50. The van der Waals surface area contributed by atoms with Crippen LogP contribution in [-0.4, -0.2) is 37.0 Å². The first-order valence-corrected chi connectivity index (χ1v) is 6.73. The van der Waals surface area contributed by atoms with E-state index in [2.05, 4.69) is 5.32 Å². The summed E-state index contributed by atoms with van der Waals surface area (Å²) >= 11 is 6.23. The third-order valence-corrected chi connectivity index (χ3v) is 4.00. The molecule has 0 spiro atoms. The van der Waals surface area contributed by atoms with Crippen molar-refractivity contribution < 1.29 is 4.79 Å². The van der Waals surface area contributed by atoms with E-state index in [9.17, 15) is 4.79 Å². The Hall–Kier alpha value is -1.06. The number of hydrogen-bond acceptors (Lipinski definition) is 2. The topological polar surface area (TPSA) is 32.3 Å². The van der Waals surface area contributed by atoms with Crippen molar-refractivity contribution in [2.75, 3.05) is 20.1 Å². The maximum atomic E-state index is 12.5. The summed E-state index contributed by atoms with van der Waals surface area (Å²) in [5.74, 6) is 0.0569. The first-order valence-electron chi connectivity index (χ1n) is 6.36. The van der Waals surface area contributed by atoms with Gasteiger partial charge in [0.2, 0.25) is 0 Å². The fourth-order valence-electron chi connectivity index (χ4n) is 2.52. The Morgan fingerprint density at radius 2 is 2.33 bits per heavy atom. The number of nitrogens with one attached hydrogen (secondary N) is 1. The molecule has 1 N–H and O–H groups in total. The van der Waals surface area contributed by atoms with Gasteiger partial charge >= 0.3 is 0 Å². The van der Waals surface area contributed by atoms with Gasteiger partial charge in [-0.3, -0.25) is 4.79 Å². The van der Waals surface area contributed by atoms with Crippen LogP contribution in [0.2, 0.25) is 5.02 Å². The van der Waals surface area contributed by atoms with E-state index in [1.165, 1.54) is 0 Å². The number of rotatable bonds is 3. The Kier molecular flexibility index (Phi) is 4.25. The fourth-order valence-corrected chi connectivity index (χ4v) is 2.73. The van der Waals surface area contributed by atoms with Gasteiger partial charge in [-0.2, -0.15) is 0 Å². The summed E-state index contributed by atoms with van der Waals surface area (Å²) in [6.45, 7) is 3.60. The second-order valence-electron chi connectivity index (χ2n) is 4.79. The highest BCUT2D eigenvalue weighted by atomic mass is 35.5. The molecule has 1 fully saturated rings. The first-order chi connectivity index (χ1) is 8.65. The molecule has 1 heterocycles. The van der Waals surface area contributed by atoms with Gasteiger partial charge in [0, 0.05) is 19.1 Å². The van der Waals surface area contributed by atoms with E-state index < -0.39 is 0 Å². The highest BCUT2D eigenvalue weighted by Gasteiger charge is 2.29. The van der Waals surface area contributed by atoms with Crippen molar-refractivity contribution in [3.63, 3.8) is 0 Å². The lowest BCUT2D eigenvalue weighted by molar-refractivity contribution is 0.0737. The zero-order valence-corrected chi connectivity index (χ0v) is 11.6. The van der Waals surface area contributed by atoms with Crippen molar-refractivity contribution in [2.45, 2.75) is 25.8 Å². The van der Waals surface area contributed by atoms with Gasteiger partial charge < -0.3 is 10.2 Å². The molecule has 3 nitrogen and oxygen atoms in total. The molecule has 1 aromatic rings. The van der Waals surface area contributed by atoms with Gasteiger partial charge in [-0.05, 0) is 38.4 Å². The van der Waals surface area contributed by atoms with E-state index in [1.54, 1.807) is 0 Å². The van der Waals surface area contributed by atoms with Crippen LogP contribution in [-0.2, 0) is 0 Å². The van der Waals surface area contributed by atoms with Crippen LogP contribution < -0.4 is 5.32 Å². The number of carbonyl (C=O) groups excluding carboxylic acids is 1. The number of carbonyl (C=O) groups is 1. The van der Waals surface area contributed by atoms with Crippen LogP contribution in [0.25, 0.3) is 0 Å². The summed E-state index contributed by atoms with van der Waals surface area (Å²) in [4.78, 5) is 14.5. The van der Waals surface area contributed by atoms with E-state index in [0.29, 0.717) is 16.6 Å². The van der Waals surface area contributed by atoms with E-state index in [4.69, 9.17) is 11.6 Å². The van der Waals surface area contributed by atoms with Gasteiger partial charge in [-0.1, -0.05) is 23.7 Å². The van der Waals surface area contributed by atoms with Gasteiger partial charge in [-0.25, -0.2) is 0 Å². The molecular formula is C14H19ClN2O. The van der Waals surface area contributed by atoms with Gasteiger partial charge in [0.25, 0.3) is 5.91 Å². The average molecular weight is 267 g/mol. The zero-order chi connectivity index (χ0) is 13.1. The van der Waals surface area contributed by atoms with Gasteiger partial charge in [0.15, 0.2) is 0 Å². The number of amides is 1. The largest absolute Gasteiger partial charge is 0.334 e. The van der Waals surface area contributed by atoms with Gasteiger partial charge in [0.05, 0.1) is 10.6 Å². The maximum Gasteiger partial charge on any atom is 0.255 e. The molecule has 0 aliphatic carbocycles. The fraction of sp³-hybridized carbons (Fsp3) is 0.500. The van der Waals surface area contributed by atoms with Crippen molar-refractivity contribution in [3.8, 4) is 0 Å². The standard InChI is InChI=1S/C14H19ClN2O/c1-10-5-3-7-12(13(10)15)14(18)17-8-4-6-11(17)9-16-2/h3,5,7,11,16H,4,6,8-9H2,1-2H3. The Morgan fingerprint density at radius 3 is 3.06 bits per heavy atom. The minimum atomic E-state index is 0.0569. The monoisotopic (exact) mass is 266 g/mol. The molecule has 0 bridgehead atoms. The molecule has 1 aromatic carbocycles. The average Bonchev–Trinajstić information content (AvgIpc) is 2.80. The molecule has 18 heavy (non-hydrogen) atoms. The Morgan fingerprint density at radius 1 is 1.56 bits per heavy atom. The molecule has 1 saturated heterocycles. The Labute approximate surface area is 113 Å². The number of likely N-dealkylation sites (tertiary alicyclic amines) is 1. The highest BCUT2D eigenvalue weighted by Crippen LogP contribution is 2.25. The van der Waals surface area contributed by atoms with E-state index in [0.717, 1.165) is 31.5 Å². The quantitative estimate of drug-likeness (QED) is 0.912. The van der Waals surface area contributed by atoms with E-state index in [-0.39, 0.29) is 5.91 Å². The number of nitrogens with zero attached hydrogens (tertiary/aromatic N) is 1. The van der Waals surface area contributed by atoms with Crippen molar-refractivity contribution in [1.29, 1.82) is 0 Å². The molecule has 0 aromatic heterocycles. The van der Waals surface area contributed by atoms with Crippen molar-refractivity contribution in [1.82, 2.24) is 10.2 Å². The number of benzene rings is 1. The zero-order valence-electron chi connectivity index (χ0n) is 10.9. The van der Waals surface area contributed by atoms with Crippen LogP contribution in [0.5, 0.6) is 0 Å². The molecule has 1 atom stereocenters. The Balaban J connectivity index is 2.23. The number of likely N-dealkylation sites (N-methyl/N-ethyl adjacent to an activating group) is 1. The third kappa shape index (κ3) is 2.52. The molecule has 4 heteroatoms. The molecule has 0 saturated carbocycles. The summed E-state index contributed by atoms with van der Waals surface area (Å²) in [5.41, 5.74) is 1.58. The molecule has 0 radical (unpaired) electrons. The summed E-state index contributed by atoms with van der Waals surface area (Å²) in [5, 5.41) is 3.73. The van der Waals surface area contributed by atoms with Crippen LogP contribution in [0.4, 0.5) is 0 Å². The van der Waals surface area contributed by atoms with Crippen LogP contribution in [0.3, 0.4) is 0 Å². The molecule has 1 amide bonds. The maximum absolute atomic E-state index is 12.5. The van der Waals surface area contributed by atoms with Gasteiger partial charge in [0.1, 0.15) is 0 Å². The molecule has 98 valence electrons. The van der Waals surface area contributed by atoms with Gasteiger partial charge in [-0.15, -0.1) is 0 Å². The summed E-state index contributed by atoms with van der Waals surface area (Å²) < 4.78 is 0. The smallest absolute Gasteiger partial charge is 0.255 e. The van der Waals surface area contributed by atoms with Crippen molar-refractivity contribution in [2.24, 2.45) is 0 Å². The summed E-state index contributed by atoms with van der Waals surface area (Å²) in [7, 11) is 1.92. The SMILES string of the molecule is CNCC1CCCN1C(=O)c1cccc(C)c1Cl. The Bertz CT molecular complexity index is 447. The lowest BCUT2D eigenvalue weighted by Gasteiger charge is -2.25. The van der Waals surface area contributed by atoms with Crippen molar-refractivity contribution >= 4 is 17.5 Å². The van der Waals surface area contributed by atoms with Crippen LogP contribution in [0, 0.1) is 6.92 Å². The lowest BCUT2D eigenvalue weighted by Crippen LogP contribution is -2.40. The summed E-state index contributed by atoms with van der Waals surface area (Å²) in [6, 6.07) is 5.91. The first kappa shape index (κ1) is 13.4. The second-order valence-corrected chi connectivity index (χ2v) is 5.17. The molecule has 1 aliphatic rings. The minimum absolute atomic E-state index is 0.0569.